The van der Waals surface area contributed by atoms with Crippen LogP contribution < -0.4 is 10.3 Å². The van der Waals surface area contributed by atoms with Crippen LogP contribution in [0.5, 0.6) is 0 Å². The highest BCUT2D eigenvalue weighted by Crippen LogP contribution is 2.30. The van der Waals surface area contributed by atoms with Crippen LogP contribution in [-0.4, -0.2) is 30.7 Å². The molecule has 0 spiro atoms. The standard InChI is InChI=1S/C15H19N3O3/c1-4-21-15(20)10(2)16-17-13-6-5-12-7-8-18(11(3)19)14(12)9-13/h5-6,9,17H,4,7-8H2,1-3H3. The van der Waals surface area contributed by atoms with Gasteiger partial charge in [0.15, 0.2) is 0 Å². The minimum atomic E-state index is -0.448. The number of hydrazone groups is 1. The van der Waals surface area contributed by atoms with E-state index >= 15 is 0 Å². The van der Waals surface area contributed by atoms with Crippen molar-refractivity contribution in [2.24, 2.45) is 5.10 Å². The minimum absolute atomic E-state index is 0.0251. The summed E-state index contributed by atoms with van der Waals surface area (Å²) in [5.74, 6) is -0.423. The maximum absolute atomic E-state index is 11.6. The van der Waals surface area contributed by atoms with Crippen LogP contribution in [-0.2, 0) is 20.7 Å². The molecule has 0 bridgehead atoms. The molecule has 112 valence electrons. The Morgan fingerprint density at radius 3 is 2.81 bits per heavy atom. The van der Waals surface area contributed by atoms with Crippen LogP contribution in [0.1, 0.15) is 26.3 Å². The predicted octanol–water partition coefficient (Wildman–Crippen LogP) is 1.95. The molecule has 21 heavy (non-hydrogen) atoms. The third-order valence-corrected chi connectivity index (χ3v) is 3.28. The van der Waals surface area contributed by atoms with Crippen LogP contribution in [0.3, 0.4) is 0 Å². The molecule has 0 saturated heterocycles. The maximum Gasteiger partial charge on any atom is 0.354 e. The van der Waals surface area contributed by atoms with E-state index < -0.39 is 5.97 Å². The minimum Gasteiger partial charge on any atom is -0.461 e. The van der Waals surface area contributed by atoms with Gasteiger partial charge in [-0.3, -0.25) is 10.2 Å². The number of fused-ring (bicyclic) bond motifs is 1. The van der Waals surface area contributed by atoms with E-state index in [1.807, 2.05) is 18.2 Å². The van der Waals surface area contributed by atoms with Crippen LogP contribution in [0.4, 0.5) is 11.4 Å². The number of hydrogen-bond donors (Lipinski definition) is 1. The number of rotatable bonds is 4. The maximum atomic E-state index is 11.6. The summed E-state index contributed by atoms with van der Waals surface area (Å²) in [7, 11) is 0. The summed E-state index contributed by atoms with van der Waals surface area (Å²) < 4.78 is 4.85. The van der Waals surface area contributed by atoms with Gasteiger partial charge in [0.1, 0.15) is 5.71 Å². The summed E-state index contributed by atoms with van der Waals surface area (Å²) in [5, 5.41) is 4.00. The quantitative estimate of drug-likeness (QED) is 0.522. The molecule has 1 aromatic carbocycles. The molecule has 1 amide bonds. The zero-order valence-electron chi connectivity index (χ0n) is 12.5. The largest absolute Gasteiger partial charge is 0.461 e. The first-order chi connectivity index (χ1) is 10.0. The van der Waals surface area contributed by atoms with Gasteiger partial charge in [0, 0.05) is 19.2 Å². The van der Waals surface area contributed by atoms with Gasteiger partial charge in [0.25, 0.3) is 0 Å². The lowest BCUT2D eigenvalue weighted by Crippen LogP contribution is -2.25. The van der Waals surface area contributed by atoms with Crippen molar-refractivity contribution in [3.8, 4) is 0 Å². The highest BCUT2D eigenvalue weighted by atomic mass is 16.5. The van der Waals surface area contributed by atoms with E-state index in [4.69, 9.17) is 4.74 Å². The number of nitrogens with zero attached hydrogens (tertiary/aromatic N) is 2. The number of anilines is 2. The molecule has 1 aliphatic heterocycles. The molecular formula is C15H19N3O3. The van der Waals surface area contributed by atoms with Crippen molar-refractivity contribution in [3.05, 3.63) is 23.8 Å². The molecule has 0 atom stereocenters. The molecule has 0 saturated carbocycles. The summed E-state index contributed by atoms with van der Waals surface area (Å²) in [6.07, 6.45) is 0.861. The summed E-state index contributed by atoms with van der Waals surface area (Å²) >= 11 is 0. The van der Waals surface area contributed by atoms with Crippen LogP contribution in [0.25, 0.3) is 0 Å². The number of carbonyl (C=O) groups excluding carboxylic acids is 2. The Labute approximate surface area is 123 Å². The average molecular weight is 289 g/mol. The molecule has 0 fully saturated rings. The van der Waals surface area contributed by atoms with Gasteiger partial charge in [-0.05, 0) is 38.0 Å². The lowest BCUT2D eigenvalue weighted by atomic mass is 10.1. The Bertz CT molecular complexity index is 596. The summed E-state index contributed by atoms with van der Waals surface area (Å²) in [4.78, 5) is 24.7. The third-order valence-electron chi connectivity index (χ3n) is 3.28. The van der Waals surface area contributed by atoms with Crippen molar-refractivity contribution >= 4 is 29.0 Å². The lowest BCUT2D eigenvalue weighted by Gasteiger charge is -2.15. The molecule has 0 aliphatic carbocycles. The van der Waals surface area contributed by atoms with Crippen molar-refractivity contribution < 1.29 is 14.3 Å². The van der Waals surface area contributed by atoms with Crippen LogP contribution in [0, 0.1) is 0 Å². The Morgan fingerprint density at radius 2 is 2.14 bits per heavy atom. The van der Waals surface area contributed by atoms with E-state index in [1.165, 1.54) is 0 Å². The highest BCUT2D eigenvalue weighted by Gasteiger charge is 2.22. The monoisotopic (exact) mass is 289 g/mol. The number of nitrogens with one attached hydrogen (secondary N) is 1. The molecule has 6 heteroatoms. The average Bonchev–Trinajstić information content (AvgIpc) is 2.88. The molecule has 0 unspecified atom stereocenters. The predicted molar refractivity (Wildman–Crippen MR) is 81.5 cm³/mol. The first kappa shape index (κ1) is 15.0. The van der Waals surface area contributed by atoms with Crippen LogP contribution >= 0.6 is 0 Å². The van der Waals surface area contributed by atoms with Gasteiger partial charge in [0.05, 0.1) is 12.3 Å². The Kier molecular flexibility index (Phi) is 4.57. The van der Waals surface area contributed by atoms with Crippen molar-refractivity contribution in [2.75, 3.05) is 23.5 Å². The molecule has 6 nitrogen and oxygen atoms in total. The van der Waals surface area contributed by atoms with Gasteiger partial charge in [-0.2, -0.15) is 5.10 Å². The summed E-state index contributed by atoms with van der Waals surface area (Å²) in [6.45, 7) is 5.91. The topological polar surface area (TPSA) is 71.0 Å². The second-order valence-corrected chi connectivity index (χ2v) is 4.79. The van der Waals surface area contributed by atoms with Gasteiger partial charge in [-0.15, -0.1) is 0 Å². The first-order valence-corrected chi connectivity index (χ1v) is 6.91. The summed E-state index contributed by atoms with van der Waals surface area (Å²) in [6, 6.07) is 5.71. The van der Waals surface area contributed by atoms with E-state index in [9.17, 15) is 9.59 Å². The number of hydrogen-bond acceptors (Lipinski definition) is 5. The molecule has 0 radical (unpaired) electrons. The molecule has 1 heterocycles. The van der Waals surface area contributed by atoms with E-state index in [2.05, 4.69) is 10.5 Å². The molecular weight excluding hydrogens is 270 g/mol. The van der Waals surface area contributed by atoms with E-state index in [1.54, 1.807) is 25.7 Å². The van der Waals surface area contributed by atoms with Crippen molar-refractivity contribution in [2.45, 2.75) is 27.2 Å². The lowest BCUT2D eigenvalue weighted by molar-refractivity contribution is -0.135. The molecule has 1 aliphatic rings. The SMILES string of the molecule is CCOC(=O)C(C)=NNc1ccc2c(c1)N(C(C)=O)CC2. The van der Waals surface area contributed by atoms with Gasteiger partial charge < -0.3 is 9.64 Å². The molecule has 1 aromatic rings. The molecule has 2 rings (SSSR count). The van der Waals surface area contributed by atoms with Gasteiger partial charge in [0.2, 0.25) is 5.91 Å². The third kappa shape index (κ3) is 3.39. The van der Waals surface area contributed by atoms with E-state index in [0.29, 0.717) is 13.2 Å². The van der Waals surface area contributed by atoms with E-state index in [-0.39, 0.29) is 11.6 Å². The van der Waals surface area contributed by atoms with Crippen LogP contribution in [0.2, 0.25) is 0 Å². The number of carbonyl (C=O) groups is 2. The Hall–Kier alpha value is -2.37. The van der Waals surface area contributed by atoms with Gasteiger partial charge >= 0.3 is 5.97 Å². The Morgan fingerprint density at radius 1 is 1.38 bits per heavy atom. The zero-order valence-corrected chi connectivity index (χ0v) is 12.5. The first-order valence-electron chi connectivity index (χ1n) is 6.91. The fourth-order valence-electron chi connectivity index (χ4n) is 2.21. The van der Waals surface area contributed by atoms with E-state index in [0.717, 1.165) is 23.4 Å². The van der Waals surface area contributed by atoms with Crippen molar-refractivity contribution in [3.63, 3.8) is 0 Å². The Balaban J connectivity index is 2.13. The second kappa shape index (κ2) is 6.39. The summed E-state index contributed by atoms with van der Waals surface area (Å²) in [5.41, 5.74) is 5.84. The zero-order chi connectivity index (χ0) is 15.4. The number of benzene rings is 1. The smallest absolute Gasteiger partial charge is 0.354 e. The normalized spacial score (nSPS) is 13.9. The van der Waals surface area contributed by atoms with Crippen molar-refractivity contribution in [1.82, 2.24) is 0 Å². The fraction of sp³-hybridized carbons (Fsp3) is 0.400. The number of ether oxygens (including phenoxy) is 1. The molecule has 0 aromatic heterocycles. The fourth-order valence-corrected chi connectivity index (χ4v) is 2.21. The highest BCUT2D eigenvalue weighted by molar-refractivity contribution is 6.35. The van der Waals surface area contributed by atoms with Gasteiger partial charge in [-0.25, -0.2) is 4.79 Å². The number of amides is 1. The molecule has 1 N–H and O–H groups in total. The van der Waals surface area contributed by atoms with Gasteiger partial charge in [-0.1, -0.05) is 6.07 Å². The van der Waals surface area contributed by atoms with Crippen molar-refractivity contribution in [1.29, 1.82) is 0 Å². The van der Waals surface area contributed by atoms with Crippen LogP contribution in [0.15, 0.2) is 23.3 Å². The number of esters is 1. The second-order valence-electron chi connectivity index (χ2n) is 4.79.